The Morgan fingerprint density at radius 1 is 0.964 bits per heavy atom. The standard InChI is InChI=1S/C22H16FN3O2/c1-14-24-20-9-5-3-7-18(20)22(28)26(14)16-12-10-15(11-13-16)25-21(27)17-6-2-4-8-19(17)23/h2-13H,1H3,(H,25,27). The van der Waals surface area contributed by atoms with Crippen LogP contribution in [-0.4, -0.2) is 15.5 Å². The van der Waals surface area contributed by atoms with Crippen LogP contribution in [0.4, 0.5) is 10.1 Å². The number of carbonyl (C=O) groups is 1. The molecular weight excluding hydrogens is 357 g/mol. The zero-order valence-electron chi connectivity index (χ0n) is 15.0. The molecule has 1 N–H and O–H groups in total. The predicted molar refractivity (Wildman–Crippen MR) is 106 cm³/mol. The van der Waals surface area contributed by atoms with Crippen LogP contribution >= 0.6 is 0 Å². The molecule has 28 heavy (non-hydrogen) atoms. The highest BCUT2D eigenvalue weighted by atomic mass is 19.1. The lowest BCUT2D eigenvalue weighted by molar-refractivity contribution is 0.102. The molecular formula is C22H16FN3O2. The molecule has 1 aromatic heterocycles. The van der Waals surface area contributed by atoms with Gasteiger partial charge in [0.15, 0.2) is 0 Å². The van der Waals surface area contributed by atoms with Crippen LogP contribution in [0.2, 0.25) is 0 Å². The van der Waals surface area contributed by atoms with Crippen LogP contribution in [0.5, 0.6) is 0 Å². The van der Waals surface area contributed by atoms with Crippen molar-refractivity contribution in [2.75, 3.05) is 5.32 Å². The molecule has 3 aromatic carbocycles. The first-order valence-electron chi connectivity index (χ1n) is 8.69. The SMILES string of the molecule is Cc1nc2ccccc2c(=O)n1-c1ccc(NC(=O)c2ccccc2F)cc1. The van der Waals surface area contributed by atoms with Crippen LogP contribution in [0.3, 0.4) is 0 Å². The normalized spacial score (nSPS) is 10.8. The fourth-order valence-electron chi connectivity index (χ4n) is 3.09. The van der Waals surface area contributed by atoms with E-state index in [1.807, 2.05) is 6.07 Å². The summed E-state index contributed by atoms with van der Waals surface area (Å²) in [6.07, 6.45) is 0. The Labute approximate surface area is 160 Å². The highest BCUT2D eigenvalue weighted by Crippen LogP contribution is 2.17. The van der Waals surface area contributed by atoms with Gasteiger partial charge in [-0.3, -0.25) is 14.2 Å². The fraction of sp³-hybridized carbons (Fsp3) is 0.0455. The van der Waals surface area contributed by atoms with E-state index in [4.69, 9.17) is 0 Å². The first-order chi connectivity index (χ1) is 13.5. The number of nitrogens with zero attached hydrogens (tertiary/aromatic N) is 2. The number of para-hydroxylation sites is 1. The van der Waals surface area contributed by atoms with Gasteiger partial charge in [0.2, 0.25) is 0 Å². The average Bonchev–Trinajstić information content (AvgIpc) is 2.69. The van der Waals surface area contributed by atoms with E-state index in [0.717, 1.165) is 0 Å². The van der Waals surface area contributed by atoms with Crippen LogP contribution in [0.15, 0.2) is 77.6 Å². The van der Waals surface area contributed by atoms with Crippen LogP contribution < -0.4 is 10.9 Å². The second-order valence-corrected chi connectivity index (χ2v) is 6.30. The number of aryl methyl sites for hydroxylation is 1. The number of aromatic nitrogens is 2. The van der Waals surface area contributed by atoms with Crippen molar-refractivity contribution in [2.45, 2.75) is 6.92 Å². The Balaban J connectivity index is 1.66. The number of hydrogen-bond acceptors (Lipinski definition) is 3. The van der Waals surface area contributed by atoms with Gasteiger partial charge in [-0.25, -0.2) is 9.37 Å². The molecule has 0 fully saturated rings. The van der Waals surface area contributed by atoms with E-state index in [1.165, 1.54) is 22.8 Å². The third-order valence-corrected chi connectivity index (χ3v) is 4.45. The van der Waals surface area contributed by atoms with Gasteiger partial charge < -0.3 is 5.32 Å². The van der Waals surface area contributed by atoms with Gasteiger partial charge in [0.25, 0.3) is 11.5 Å². The maximum atomic E-state index is 13.7. The molecule has 4 rings (SSSR count). The number of hydrogen-bond donors (Lipinski definition) is 1. The molecule has 0 saturated carbocycles. The van der Waals surface area contributed by atoms with Gasteiger partial charge in [0.1, 0.15) is 11.6 Å². The first-order valence-corrected chi connectivity index (χ1v) is 8.69. The summed E-state index contributed by atoms with van der Waals surface area (Å²) in [5.41, 5.74) is 1.58. The maximum absolute atomic E-state index is 13.7. The molecule has 0 spiro atoms. The van der Waals surface area contributed by atoms with Crippen molar-refractivity contribution >= 4 is 22.5 Å². The number of benzene rings is 3. The summed E-state index contributed by atoms with van der Waals surface area (Å²) in [6.45, 7) is 1.77. The van der Waals surface area contributed by atoms with Gasteiger partial charge >= 0.3 is 0 Å². The van der Waals surface area contributed by atoms with E-state index in [-0.39, 0.29) is 11.1 Å². The quantitative estimate of drug-likeness (QED) is 0.588. The lowest BCUT2D eigenvalue weighted by Crippen LogP contribution is -2.22. The average molecular weight is 373 g/mol. The van der Waals surface area contributed by atoms with Crippen molar-refractivity contribution in [1.82, 2.24) is 9.55 Å². The molecule has 0 aliphatic rings. The lowest BCUT2D eigenvalue weighted by atomic mass is 10.2. The molecule has 138 valence electrons. The lowest BCUT2D eigenvalue weighted by Gasteiger charge is -2.12. The zero-order chi connectivity index (χ0) is 19.7. The number of rotatable bonds is 3. The molecule has 0 saturated heterocycles. The predicted octanol–water partition coefficient (Wildman–Crippen LogP) is 4.09. The molecule has 0 aliphatic carbocycles. The minimum atomic E-state index is -0.582. The zero-order valence-corrected chi connectivity index (χ0v) is 15.0. The minimum Gasteiger partial charge on any atom is -0.322 e. The Morgan fingerprint density at radius 3 is 2.39 bits per heavy atom. The second kappa shape index (κ2) is 7.08. The molecule has 0 aliphatic heterocycles. The highest BCUT2D eigenvalue weighted by Gasteiger charge is 2.12. The maximum Gasteiger partial charge on any atom is 0.265 e. The Kier molecular flexibility index (Phi) is 4.45. The third-order valence-electron chi connectivity index (χ3n) is 4.45. The van der Waals surface area contributed by atoms with Crippen LogP contribution in [0.1, 0.15) is 16.2 Å². The summed E-state index contributed by atoms with van der Waals surface area (Å²) >= 11 is 0. The van der Waals surface area contributed by atoms with Crippen LogP contribution in [0.25, 0.3) is 16.6 Å². The summed E-state index contributed by atoms with van der Waals surface area (Å²) < 4.78 is 15.3. The smallest absolute Gasteiger partial charge is 0.265 e. The van der Waals surface area contributed by atoms with Crippen molar-refractivity contribution in [3.05, 3.63) is 100 Å². The number of amides is 1. The summed E-state index contributed by atoms with van der Waals surface area (Å²) in [5.74, 6) is -0.556. The molecule has 1 amide bonds. The second-order valence-electron chi connectivity index (χ2n) is 6.30. The van der Waals surface area contributed by atoms with Crippen LogP contribution in [-0.2, 0) is 0 Å². The molecule has 4 aromatic rings. The molecule has 5 nitrogen and oxygen atoms in total. The largest absolute Gasteiger partial charge is 0.322 e. The minimum absolute atomic E-state index is 0.0302. The number of carbonyl (C=O) groups excluding carboxylic acids is 1. The Hall–Kier alpha value is -3.80. The van der Waals surface area contributed by atoms with Gasteiger partial charge in [0, 0.05) is 5.69 Å². The molecule has 0 atom stereocenters. The van der Waals surface area contributed by atoms with Crippen LogP contribution in [0, 0.1) is 12.7 Å². The molecule has 0 unspecified atom stereocenters. The number of nitrogens with one attached hydrogen (secondary N) is 1. The fourth-order valence-corrected chi connectivity index (χ4v) is 3.09. The summed E-state index contributed by atoms with van der Waals surface area (Å²) in [5, 5.41) is 3.19. The van der Waals surface area contributed by atoms with Crippen molar-refractivity contribution in [1.29, 1.82) is 0 Å². The van der Waals surface area contributed by atoms with E-state index in [9.17, 15) is 14.0 Å². The van der Waals surface area contributed by atoms with Gasteiger partial charge in [-0.1, -0.05) is 24.3 Å². The number of halogens is 1. The molecule has 0 radical (unpaired) electrons. The highest BCUT2D eigenvalue weighted by molar-refractivity contribution is 6.04. The van der Waals surface area contributed by atoms with Gasteiger partial charge in [0.05, 0.1) is 22.2 Å². The third kappa shape index (κ3) is 3.16. The summed E-state index contributed by atoms with van der Waals surface area (Å²) in [4.78, 5) is 29.6. The van der Waals surface area contributed by atoms with Crippen molar-refractivity contribution in [3.63, 3.8) is 0 Å². The van der Waals surface area contributed by atoms with E-state index in [1.54, 1.807) is 55.5 Å². The van der Waals surface area contributed by atoms with E-state index >= 15 is 0 Å². The molecule has 1 heterocycles. The van der Waals surface area contributed by atoms with Crippen molar-refractivity contribution < 1.29 is 9.18 Å². The number of fused-ring (bicyclic) bond motifs is 1. The molecule has 6 heteroatoms. The number of anilines is 1. The van der Waals surface area contributed by atoms with Gasteiger partial charge in [-0.15, -0.1) is 0 Å². The summed E-state index contributed by atoms with van der Waals surface area (Å²) in [6, 6.07) is 19.7. The van der Waals surface area contributed by atoms with Gasteiger partial charge in [-0.2, -0.15) is 0 Å². The topological polar surface area (TPSA) is 64.0 Å². The Morgan fingerprint density at radius 2 is 1.64 bits per heavy atom. The monoisotopic (exact) mass is 373 g/mol. The van der Waals surface area contributed by atoms with Crippen molar-refractivity contribution in [2.24, 2.45) is 0 Å². The van der Waals surface area contributed by atoms with E-state index in [0.29, 0.717) is 28.1 Å². The molecule has 0 bridgehead atoms. The summed E-state index contributed by atoms with van der Waals surface area (Å²) in [7, 11) is 0. The Bertz CT molecular complexity index is 1250. The van der Waals surface area contributed by atoms with E-state index in [2.05, 4.69) is 10.3 Å². The van der Waals surface area contributed by atoms with E-state index < -0.39 is 11.7 Å². The van der Waals surface area contributed by atoms with Gasteiger partial charge in [-0.05, 0) is 55.5 Å². The first kappa shape index (κ1) is 17.6. The van der Waals surface area contributed by atoms with Crippen molar-refractivity contribution in [3.8, 4) is 5.69 Å².